The molecule has 0 unspecified atom stereocenters. The number of hydrogen-bond acceptors (Lipinski definition) is 7. The summed E-state index contributed by atoms with van der Waals surface area (Å²) in [5, 5.41) is 10.8. The van der Waals surface area contributed by atoms with Gasteiger partial charge in [0.05, 0.1) is 18.4 Å². The van der Waals surface area contributed by atoms with Crippen LogP contribution in [0, 0.1) is 11.8 Å². The maximum atomic E-state index is 13.5. The highest BCUT2D eigenvalue weighted by molar-refractivity contribution is 5.95. The Balaban J connectivity index is 2.26. The normalized spacial score (nSPS) is 14.8. The Hall–Kier alpha value is -4.06. The highest BCUT2D eigenvalue weighted by Gasteiger charge is 2.32. The lowest BCUT2D eigenvalue weighted by molar-refractivity contribution is -0.134. The first-order valence-corrected chi connectivity index (χ1v) is 13.8. The fraction of sp³-hybridized carbons (Fsp3) is 0.517. The zero-order valence-electron chi connectivity index (χ0n) is 24.3. The zero-order valence-corrected chi connectivity index (χ0v) is 24.3. The van der Waals surface area contributed by atoms with Crippen molar-refractivity contribution in [3.8, 4) is 0 Å². The molecule has 0 aliphatic heterocycles. The number of carbonyl (C=O) groups is 5. The minimum atomic E-state index is -1.04. The number of carbonyl (C=O) groups excluding carboxylic acids is 5. The fourth-order valence-electron chi connectivity index (χ4n) is 4.06. The molecule has 2 rings (SSSR count). The van der Waals surface area contributed by atoms with Gasteiger partial charge in [-0.3, -0.25) is 19.2 Å². The van der Waals surface area contributed by atoms with Crippen LogP contribution in [-0.4, -0.2) is 70.1 Å². The van der Waals surface area contributed by atoms with Gasteiger partial charge in [0.1, 0.15) is 24.4 Å². The van der Waals surface area contributed by atoms with Gasteiger partial charge < -0.3 is 36.8 Å². The second-order valence-electron chi connectivity index (χ2n) is 11.0. The molecule has 1 aromatic carbocycles. The summed E-state index contributed by atoms with van der Waals surface area (Å²) in [4.78, 5) is 70.8. The monoisotopic (exact) mass is 569 g/mol. The molecule has 0 fully saturated rings. The van der Waals surface area contributed by atoms with Crippen LogP contribution in [0.1, 0.15) is 52.3 Å². The third-order valence-electron chi connectivity index (χ3n) is 6.46. The SMILES string of the molecule is CC(C)C[C@H](NC(=O)[C@H](Cc1cnc[nH]1)NC(=O)[C@@H](N)C(C)C)C(=O)N[C@@H](Cc1ccccc1)C(=O)N[C@@H](C)C=O. The first kappa shape index (κ1) is 33.1. The molecule has 0 bridgehead atoms. The molecule has 12 heteroatoms. The lowest BCUT2D eigenvalue weighted by Crippen LogP contribution is -2.59. The molecule has 5 atom stereocenters. The largest absolute Gasteiger partial charge is 0.348 e. The van der Waals surface area contributed by atoms with Crippen LogP contribution in [0.4, 0.5) is 0 Å². The van der Waals surface area contributed by atoms with E-state index in [1.807, 2.05) is 44.2 Å². The van der Waals surface area contributed by atoms with Gasteiger partial charge in [0.2, 0.25) is 23.6 Å². The van der Waals surface area contributed by atoms with E-state index in [0.717, 1.165) is 5.56 Å². The molecule has 0 spiro atoms. The third-order valence-corrected chi connectivity index (χ3v) is 6.46. The molecule has 1 heterocycles. The highest BCUT2D eigenvalue weighted by Crippen LogP contribution is 2.10. The Labute approximate surface area is 241 Å². The molecule has 2 aromatic rings. The molecule has 1 aromatic heterocycles. The topological polar surface area (TPSA) is 188 Å². The Morgan fingerprint density at radius 2 is 1.39 bits per heavy atom. The predicted molar refractivity (Wildman–Crippen MR) is 154 cm³/mol. The summed E-state index contributed by atoms with van der Waals surface area (Å²) in [7, 11) is 0. The highest BCUT2D eigenvalue weighted by atomic mass is 16.2. The van der Waals surface area contributed by atoms with Crippen LogP contribution < -0.4 is 27.0 Å². The van der Waals surface area contributed by atoms with Gasteiger partial charge in [-0.05, 0) is 30.7 Å². The van der Waals surface area contributed by atoms with Crippen LogP contribution in [0.15, 0.2) is 42.9 Å². The van der Waals surface area contributed by atoms with Crippen LogP contribution in [0.2, 0.25) is 0 Å². The van der Waals surface area contributed by atoms with Crippen LogP contribution in [-0.2, 0) is 36.8 Å². The lowest BCUT2D eigenvalue weighted by atomic mass is 10.00. The Morgan fingerprint density at radius 3 is 1.95 bits per heavy atom. The number of amides is 4. The number of H-pyrrole nitrogens is 1. The standard InChI is InChI=1S/C29H43N7O5/c1-17(2)11-22(27(39)35-23(26(38)33-19(5)15-37)12-20-9-7-6-8-10-20)34-28(40)24(13-21-14-31-16-32-21)36-29(41)25(30)18(3)4/h6-10,14-19,22-25H,11-13,30H2,1-5H3,(H,31,32)(H,33,38)(H,34,40)(H,35,39)(H,36,41)/t19-,22-,23-,24-,25-/m0/s1. The maximum absolute atomic E-state index is 13.5. The molecule has 12 nitrogen and oxygen atoms in total. The van der Waals surface area contributed by atoms with Gasteiger partial charge in [0, 0.05) is 24.7 Å². The van der Waals surface area contributed by atoms with E-state index in [0.29, 0.717) is 12.0 Å². The average molecular weight is 570 g/mol. The van der Waals surface area contributed by atoms with Gasteiger partial charge in [-0.1, -0.05) is 58.0 Å². The maximum Gasteiger partial charge on any atom is 0.243 e. The first-order valence-electron chi connectivity index (χ1n) is 13.8. The molecular weight excluding hydrogens is 526 g/mol. The first-order chi connectivity index (χ1) is 19.4. The summed E-state index contributed by atoms with van der Waals surface area (Å²) < 4.78 is 0. The van der Waals surface area contributed by atoms with Gasteiger partial charge in [-0.15, -0.1) is 0 Å². The molecule has 0 radical (unpaired) electrons. The Morgan fingerprint density at radius 1 is 0.829 bits per heavy atom. The van der Waals surface area contributed by atoms with Crippen molar-refractivity contribution in [2.24, 2.45) is 17.6 Å². The number of imidazole rings is 1. The Kier molecular flexibility index (Phi) is 13.1. The molecular formula is C29H43N7O5. The smallest absolute Gasteiger partial charge is 0.243 e. The molecule has 41 heavy (non-hydrogen) atoms. The van der Waals surface area contributed by atoms with E-state index in [2.05, 4.69) is 31.2 Å². The number of hydrogen-bond donors (Lipinski definition) is 6. The molecule has 0 aliphatic carbocycles. The minimum Gasteiger partial charge on any atom is -0.348 e. The van der Waals surface area contributed by atoms with Crippen molar-refractivity contribution in [1.82, 2.24) is 31.2 Å². The molecule has 224 valence electrons. The van der Waals surface area contributed by atoms with E-state index >= 15 is 0 Å². The van der Waals surface area contributed by atoms with Crippen LogP contribution in [0.5, 0.6) is 0 Å². The van der Waals surface area contributed by atoms with Crippen molar-refractivity contribution in [1.29, 1.82) is 0 Å². The van der Waals surface area contributed by atoms with Gasteiger partial charge in [0.15, 0.2) is 0 Å². The van der Waals surface area contributed by atoms with Gasteiger partial charge in [0.25, 0.3) is 0 Å². The summed E-state index contributed by atoms with van der Waals surface area (Å²) in [6.07, 6.45) is 4.15. The summed E-state index contributed by atoms with van der Waals surface area (Å²) in [5.74, 6) is -2.30. The van der Waals surface area contributed by atoms with E-state index in [1.54, 1.807) is 20.0 Å². The summed E-state index contributed by atoms with van der Waals surface area (Å²) in [6, 6.07) is 4.53. The van der Waals surface area contributed by atoms with E-state index in [9.17, 15) is 24.0 Å². The number of aromatic nitrogens is 2. The quantitative estimate of drug-likeness (QED) is 0.158. The number of nitrogens with two attached hydrogens (primary N) is 1. The average Bonchev–Trinajstić information content (AvgIpc) is 3.44. The van der Waals surface area contributed by atoms with E-state index in [-0.39, 0.29) is 31.1 Å². The van der Waals surface area contributed by atoms with E-state index in [1.165, 1.54) is 13.3 Å². The summed E-state index contributed by atoms with van der Waals surface area (Å²) in [6.45, 7) is 8.94. The van der Waals surface area contributed by atoms with Crippen LogP contribution >= 0.6 is 0 Å². The lowest BCUT2D eigenvalue weighted by Gasteiger charge is -2.27. The van der Waals surface area contributed by atoms with Crippen molar-refractivity contribution >= 4 is 29.9 Å². The van der Waals surface area contributed by atoms with E-state index in [4.69, 9.17) is 5.73 Å². The fourth-order valence-corrected chi connectivity index (χ4v) is 4.06. The van der Waals surface area contributed by atoms with Crippen molar-refractivity contribution in [3.63, 3.8) is 0 Å². The second-order valence-corrected chi connectivity index (χ2v) is 11.0. The van der Waals surface area contributed by atoms with Crippen molar-refractivity contribution in [2.75, 3.05) is 0 Å². The third kappa shape index (κ3) is 11.1. The van der Waals surface area contributed by atoms with E-state index < -0.39 is 53.8 Å². The molecule has 7 N–H and O–H groups in total. The number of nitrogens with zero attached hydrogens (tertiary/aromatic N) is 1. The zero-order chi connectivity index (χ0) is 30.5. The second kappa shape index (κ2) is 16.3. The Bertz CT molecular complexity index is 1140. The van der Waals surface area contributed by atoms with Gasteiger partial charge in [-0.25, -0.2) is 4.98 Å². The number of aldehydes is 1. The minimum absolute atomic E-state index is 0.0116. The predicted octanol–water partition coefficient (Wildman–Crippen LogP) is 0.382. The molecule has 4 amide bonds. The van der Waals surface area contributed by atoms with Crippen molar-refractivity contribution < 1.29 is 24.0 Å². The van der Waals surface area contributed by atoms with Gasteiger partial charge >= 0.3 is 0 Å². The molecule has 0 saturated heterocycles. The van der Waals surface area contributed by atoms with Gasteiger partial charge in [-0.2, -0.15) is 0 Å². The molecule has 0 aliphatic rings. The van der Waals surface area contributed by atoms with Crippen molar-refractivity contribution in [3.05, 3.63) is 54.1 Å². The summed E-state index contributed by atoms with van der Waals surface area (Å²) in [5.41, 5.74) is 7.41. The number of aromatic amines is 1. The molecule has 0 saturated carbocycles. The number of nitrogens with one attached hydrogen (secondary N) is 5. The number of rotatable bonds is 16. The van der Waals surface area contributed by atoms with Crippen LogP contribution in [0.3, 0.4) is 0 Å². The number of benzene rings is 1. The summed E-state index contributed by atoms with van der Waals surface area (Å²) >= 11 is 0. The van der Waals surface area contributed by atoms with Crippen LogP contribution in [0.25, 0.3) is 0 Å². The van der Waals surface area contributed by atoms with Crippen molar-refractivity contribution in [2.45, 2.75) is 84.1 Å².